The Morgan fingerprint density at radius 2 is 1.95 bits per heavy atom. The lowest BCUT2D eigenvalue weighted by atomic mass is 10.0. The minimum absolute atomic E-state index is 0.171. The fraction of sp³-hybridized carbons (Fsp3) is 0.294. The normalized spacial score (nSPS) is 12.6. The Morgan fingerprint density at radius 3 is 2.76 bits per heavy atom. The topological polar surface area (TPSA) is 37.8 Å². The smallest absolute Gasteiger partial charge is 0.145 e. The van der Waals surface area contributed by atoms with E-state index in [4.69, 9.17) is 0 Å². The molecule has 3 nitrogen and oxygen atoms in total. The molecule has 0 saturated heterocycles. The molecule has 108 valence electrons. The lowest BCUT2D eigenvalue weighted by Crippen LogP contribution is -2.25. The van der Waals surface area contributed by atoms with Gasteiger partial charge in [-0.15, -0.1) is 11.3 Å². The third-order valence-electron chi connectivity index (χ3n) is 3.52. The maximum Gasteiger partial charge on any atom is 0.145 e. The van der Waals surface area contributed by atoms with Crippen LogP contribution in [0.1, 0.15) is 30.8 Å². The largest absolute Gasteiger partial charge is 0.307 e. The fourth-order valence-corrected chi connectivity index (χ4v) is 3.45. The Bertz CT molecular complexity index is 693. The predicted molar refractivity (Wildman–Crippen MR) is 88.6 cm³/mol. The predicted octanol–water partition coefficient (Wildman–Crippen LogP) is 3.97. The molecule has 0 amide bonds. The molecule has 1 N–H and O–H groups in total. The highest BCUT2D eigenvalue weighted by Gasteiger charge is 2.16. The molecule has 0 radical (unpaired) electrons. The first-order valence-electron chi connectivity index (χ1n) is 7.34. The number of fused-ring (bicyclic) bond motifs is 1. The van der Waals surface area contributed by atoms with Crippen molar-refractivity contribution >= 4 is 21.4 Å². The maximum absolute atomic E-state index is 4.42. The van der Waals surface area contributed by atoms with Gasteiger partial charge in [0.05, 0.1) is 6.04 Å². The lowest BCUT2D eigenvalue weighted by molar-refractivity contribution is 0.506. The van der Waals surface area contributed by atoms with E-state index in [1.807, 2.05) is 18.5 Å². The van der Waals surface area contributed by atoms with Crippen molar-refractivity contribution in [3.63, 3.8) is 0 Å². The summed E-state index contributed by atoms with van der Waals surface area (Å²) in [7, 11) is 0. The molecule has 0 spiro atoms. The first-order valence-corrected chi connectivity index (χ1v) is 8.22. The molecule has 3 rings (SSSR count). The molecule has 2 aromatic heterocycles. The van der Waals surface area contributed by atoms with Crippen molar-refractivity contribution in [1.29, 1.82) is 0 Å². The van der Waals surface area contributed by atoms with E-state index in [0.29, 0.717) is 0 Å². The van der Waals surface area contributed by atoms with Gasteiger partial charge in [0, 0.05) is 17.1 Å². The van der Waals surface area contributed by atoms with Gasteiger partial charge in [-0.1, -0.05) is 25.1 Å². The van der Waals surface area contributed by atoms with Crippen molar-refractivity contribution in [1.82, 2.24) is 15.3 Å². The fourth-order valence-electron chi connectivity index (χ4n) is 2.47. The molecular formula is C17H19N3S. The molecule has 3 aromatic rings. The highest BCUT2D eigenvalue weighted by Crippen LogP contribution is 2.28. The second-order valence-corrected chi connectivity index (χ2v) is 5.99. The van der Waals surface area contributed by atoms with E-state index in [2.05, 4.69) is 51.9 Å². The molecule has 1 aromatic carbocycles. The van der Waals surface area contributed by atoms with Gasteiger partial charge >= 0.3 is 0 Å². The number of nitrogens with zero attached hydrogens (tertiary/aromatic N) is 2. The molecule has 0 fully saturated rings. The second-order valence-electron chi connectivity index (χ2n) is 5.07. The van der Waals surface area contributed by atoms with E-state index in [-0.39, 0.29) is 6.04 Å². The molecule has 2 heterocycles. The van der Waals surface area contributed by atoms with E-state index in [0.717, 1.165) is 25.2 Å². The van der Waals surface area contributed by atoms with Crippen LogP contribution in [0.4, 0.5) is 0 Å². The van der Waals surface area contributed by atoms with Crippen molar-refractivity contribution in [3.05, 3.63) is 59.5 Å². The van der Waals surface area contributed by atoms with Crippen molar-refractivity contribution < 1.29 is 0 Å². The summed E-state index contributed by atoms with van der Waals surface area (Å²) in [6.07, 6.45) is 5.66. The summed E-state index contributed by atoms with van der Waals surface area (Å²) in [5, 5.41) is 7.18. The van der Waals surface area contributed by atoms with Gasteiger partial charge in [0.25, 0.3) is 0 Å². The summed E-state index contributed by atoms with van der Waals surface area (Å²) < 4.78 is 1.34. The Labute approximate surface area is 129 Å². The van der Waals surface area contributed by atoms with Crippen LogP contribution in [0.25, 0.3) is 10.1 Å². The maximum atomic E-state index is 4.42. The summed E-state index contributed by atoms with van der Waals surface area (Å²) in [4.78, 5) is 8.84. The third kappa shape index (κ3) is 3.28. The monoisotopic (exact) mass is 297 g/mol. The standard InChI is InChI=1S/C17H19N3S/c1-2-8-18-15(17-19-9-5-10-20-17)11-13-12-21-16-7-4-3-6-14(13)16/h3-7,9-10,12,15,18H,2,8,11H2,1H3. The average Bonchev–Trinajstić information content (AvgIpc) is 2.95. The second kappa shape index (κ2) is 6.78. The Kier molecular flexibility index (Phi) is 4.58. The van der Waals surface area contributed by atoms with Crippen LogP contribution in [0, 0.1) is 0 Å². The summed E-state index contributed by atoms with van der Waals surface area (Å²) in [5.41, 5.74) is 1.37. The van der Waals surface area contributed by atoms with Crippen LogP contribution < -0.4 is 5.32 Å². The third-order valence-corrected chi connectivity index (χ3v) is 4.54. The molecule has 1 atom stereocenters. The van der Waals surface area contributed by atoms with Gasteiger partial charge < -0.3 is 5.32 Å². The molecule has 0 aliphatic rings. The molecule has 0 saturated carbocycles. The number of thiophene rings is 1. The van der Waals surface area contributed by atoms with Crippen molar-refractivity contribution in [2.45, 2.75) is 25.8 Å². The minimum atomic E-state index is 0.171. The number of hydrogen-bond donors (Lipinski definition) is 1. The number of rotatable bonds is 6. The molecule has 4 heteroatoms. The van der Waals surface area contributed by atoms with E-state index in [1.54, 1.807) is 11.3 Å². The number of hydrogen-bond acceptors (Lipinski definition) is 4. The van der Waals surface area contributed by atoms with Gasteiger partial charge in [0.1, 0.15) is 5.82 Å². The summed E-state index contributed by atoms with van der Waals surface area (Å²) >= 11 is 1.81. The Morgan fingerprint density at radius 1 is 1.14 bits per heavy atom. The summed E-state index contributed by atoms with van der Waals surface area (Å²) in [5.74, 6) is 0.876. The van der Waals surface area contributed by atoms with Crippen LogP contribution in [0.3, 0.4) is 0 Å². The van der Waals surface area contributed by atoms with Crippen LogP contribution in [-0.4, -0.2) is 16.5 Å². The first-order chi connectivity index (χ1) is 10.4. The zero-order valence-electron chi connectivity index (χ0n) is 12.1. The van der Waals surface area contributed by atoms with Crippen LogP contribution >= 0.6 is 11.3 Å². The molecule has 0 bridgehead atoms. The van der Waals surface area contributed by atoms with Crippen molar-refractivity contribution in [2.24, 2.45) is 0 Å². The van der Waals surface area contributed by atoms with Gasteiger partial charge in [0.15, 0.2) is 0 Å². The van der Waals surface area contributed by atoms with Gasteiger partial charge in [-0.25, -0.2) is 9.97 Å². The quantitative estimate of drug-likeness (QED) is 0.748. The molecule has 0 aliphatic carbocycles. The molecular weight excluding hydrogens is 278 g/mol. The van der Waals surface area contributed by atoms with Gasteiger partial charge in [-0.2, -0.15) is 0 Å². The Balaban J connectivity index is 1.87. The van der Waals surface area contributed by atoms with E-state index in [9.17, 15) is 0 Å². The molecule has 1 unspecified atom stereocenters. The van der Waals surface area contributed by atoms with Crippen molar-refractivity contribution in [3.8, 4) is 0 Å². The Hall–Kier alpha value is -1.78. The highest BCUT2D eigenvalue weighted by molar-refractivity contribution is 7.17. The average molecular weight is 297 g/mol. The summed E-state index contributed by atoms with van der Waals surface area (Å²) in [6, 6.07) is 10.6. The highest BCUT2D eigenvalue weighted by atomic mass is 32.1. The van der Waals surface area contributed by atoms with Gasteiger partial charge in [0.2, 0.25) is 0 Å². The van der Waals surface area contributed by atoms with Crippen LogP contribution in [0.15, 0.2) is 48.1 Å². The summed E-state index contributed by atoms with van der Waals surface area (Å²) in [6.45, 7) is 3.15. The van der Waals surface area contributed by atoms with E-state index >= 15 is 0 Å². The zero-order valence-corrected chi connectivity index (χ0v) is 12.9. The van der Waals surface area contributed by atoms with Crippen LogP contribution in [0.5, 0.6) is 0 Å². The minimum Gasteiger partial charge on any atom is -0.307 e. The number of benzene rings is 1. The van der Waals surface area contributed by atoms with Gasteiger partial charge in [-0.3, -0.25) is 0 Å². The van der Waals surface area contributed by atoms with Crippen molar-refractivity contribution in [2.75, 3.05) is 6.54 Å². The van der Waals surface area contributed by atoms with E-state index in [1.165, 1.54) is 15.6 Å². The number of nitrogens with one attached hydrogen (secondary N) is 1. The van der Waals surface area contributed by atoms with Crippen LogP contribution in [-0.2, 0) is 6.42 Å². The number of aromatic nitrogens is 2. The van der Waals surface area contributed by atoms with E-state index < -0.39 is 0 Å². The van der Waals surface area contributed by atoms with Crippen LogP contribution in [0.2, 0.25) is 0 Å². The molecule has 0 aliphatic heterocycles. The molecule has 21 heavy (non-hydrogen) atoms. The zero-order chi connectivity index (χ0) is 14.5. The first kappa shape index (κ1) is 14.2. The SMILES string of the molecule is CCCNC(Cc1csc2ccccc12)c1ncccn1. The van der Waals surface area contributed by atoms with Gasteiger partial charge in [-0.05, 0) is 47.8 Å². The lowest BCUT2D eigenvalue weighted by Gasteiger charge is -2.16.